The van der Waals surface area contributed by atoms with Crippen LogP contribution in [0.4, 0.5) is 0 Å². The van der Waals surface area contributed by atoms with Crippen molar-refractivity contribution in [2.45, 2.75) is 0 Å². The minimum absolute atomic E-state index is 0. The molecule has 1 nitrogen and oxygen atoms in total. The van der Waals surface area contributed by atoms with Crippen molar-refractivity contribution >= 4 is 28.3 Å². The largest absolute Gasteiger partial charge is 0.192 e. The van der Waals surface area contributed by atoms with E-state index in [0.717, 1.165) is 4.47 Å². The first-order valence-electron chi connectivity index (χ1n) is 2.49. The predicted octanol–water partition coefficient (Wildman–Crippen LogP) is 2.74. The van der Waals surface area contributed by atoms with Gasteiger partial charge in [-0.1, -0.05) is 12.1 Å². The molecule has 0 aliphatic carbocycles. The Morgan fingerprint density at radius 1 is 1.30 bits per heavy atom. The summed E-state index contributed by atoms with van der Waals surface area (Å²) >= 11 is 3.23. The number of benzene rings is 1. The summed E-state index contributed by atoms with van der Waals surface area (Å²) in [7, 11) is 0. The summed E-state index contributed by atoms with van der Waals surface area (Å²) in [6.07, 6.45) is 0. The Labute approximate surface area is 74.2 Å². The SMILES string of the molecule is Cl.N#Cc1ccccc1Br. The van der Waals surface area contributed by atoms with Gasteiger partial charge in [0.05, 0.1) is 5.56 Å². The van der Waals surface area contributed by atoms with E-state index >= 15 is 0 Å². The van der Waals surface area contributed by atoms with E-state index in [2.05, 4.69) is 15.9 Å². The third-order valence-corrected chi connectivity index (χ3v) is 1.69. The number of rotatable bonds is 0. The van der Waals surface area contributed by atoms with E-state index in [1.807, 2.05) is 24.3 Å². The van der Waals surface area contributed by atoms with E-state index in [4.69, 9.17) is 5.26 Å². The van der Waals surface area contributed by atoms with E-state index in [1.165, 1.54) is 0 Å². The van der Waals surface area contributed by atoms with Gasteiger partial charge in [0.1, 0.15) is 6.07 Å². The fourth-order valence-corrected chi connectivity index (χ4v) is 0.925. The highest BCUT2D eigenvalue weighted by Gasteiger charge is 1.92. The van der Waals surface area contributed by atoms with Gasteiger partial charge >= 0.3 is 0 Å². The van der Waals surface area contributed by atoms with E-state index in [1.54, 1.807) is 6.07 Å². The lowest BCUT2D eigenvalue weighted by atomic mass is 10.2. The lowest BCUT2D eigenvalue weighted by Crippen LogP contribution is -1.72. The number of nitriles is 1. The van der Waals surface area contributed by atoms with Gasteiger partial charge in [-0.15, -0.1) is 12.4 Å². The summed E-state index contributed by atoms with van der Waals surface area (Å²) in [5, 5.41) is 8.44. The van der Waals surface area contributed by atoms with Gasteiger partial charge in [0.2, 0.25) is 0 Å². The van der Waals surface area contributed by atoms with E-state index in [-0.39, 0.29) is 12.4 Å². The van der Waals surface area contributed by atoms with Gasteiger partial charge in [0.25, 0.3) is 0 Å². The molecule has 0 radical (unpaired) electrons. The highest BCUT2D eigenvalue weighted by Crippen LogP contribution is 2.13. The van der Waals surface area contributed by atoms with Crippen molar-refractivity contribution in [3.05, 3.63) is 34.3 Å². The number of hydrogen-bond acceptors (Lipinski definition) is 1. The normalized spacial score (nSPS) is 7.60. The lowest BCUT2D eigenvalue weighted by molar-refractivity contribution is 1.47. The van der Waals surface area contributed by atoms with Crippen LogP contribution >= 0.6 is 28.3 Å². The molecule has 1 aromatic rings. The van der Waals surface area contributed by atoms with Gasteiger partial charge < -0.3 is 0 Å². The Bertz CT molecular complexity index is 254. The summed E-state index contributed by atoms with van der Waals surface area (Å²) < 4.78 is 0.854. The maximum Gasteiger partial charge on any atom is 0.100 e. The molecule has 0 spiro atoms. The van der Waals surface area contributed by atoms with Crippen LogP contribution in [0.1, 0.15) is 5.56 Å². The first-order chi connectivity index (χ1) is 4.34. The molecule has 0 unspecified atom stereocenters. The zero-order chi connectivity index (χ0) is 6.69. The van der Waals surface area contributed by atoms with Gasteiger partial charge in [0, 0.05) is 4.47 Å². The van der Waals surface area contributed by atoms with Crippen LogP contribution in [-0.4, -0.2) is 0 Å². The topological polar surface area (TPSA) is 23.8 Å². The average molecular weight is 218 g/mol. The molecule has 0 saturated heterocycles. The monoisotopic (exact) mass is 217 g/mol. The van der Waals surface area contributed by atoms with Crippen molar-refractivity contribution < 1.29 is 0 Å². The maximum atomic E-state index is 8.44. The molecular formula is C7H5BrClN. The standard InChI is InChI=1S/C7H4BrN.ClH/c8-7-4-2-1-3-6(7)5-9;/h1-4H;1H. The van der Waals surface area contributed by atoms with Crippen LogP contribution in [0, 0.1) is 11.3 Å². The molecule has 1 rings (SSSR count). The van der Waals surface area contributed by atoms with Crippen molar-refractivity contribution in [3.8, 4) is 6.07 Å². The first kappa shape index (κ1) is 9.48. The molecule has 0 N–H and O–H groups in total. The van der Waals surface area contributed by atoms with Crippen LogP contribution in [0.15, 0.2) is 28.7 Å². The predicted molar refractivity (Wildman–Crippen MR) is 46.1 cm³/mol. The van der Waals surface area contributed by atoms with E-state index in [0.29, 0.717) is 5.56 Å². The van der Waals surface area contributed by atoms with Crippen molar-refractivity contribution in [1.29, 1.82) is 5.26 Å². The Morgan fingerprint density at radius 2 is 1.90 bits per heavy atom. The van der Waals surface area contributed by atoms with Gasteiger partial charge in [-0.05, 0) is 28.1 Å². The van der Waals surface area contributed by atoms with E-state index < -0.39 is 0 Å². The first-order valence-corrected chi connectivity index (χ1v) is 3.28. The van der Waals surface area contributed by atoms with Crippen molar-refractivity contribution in [1.82, 2.24) is 0 Å². The molecule has 0 bridgehead atoms. The molecular weight excluding hydrogens is 213 g/mol. The van der Waals surface area contributed by atoms with Crippen LogP contribution in [0.3, 0.4) is 0 Å². The molecule has 0 aromatic heterocycles. The molecule has 0 fully saturated rings. The van der Waals surface area contributed by atoms with Crippen molar-refractivity contribution in [2.75, 3.05) is 0 Å². The molecule has 10 heavy (non-hydrogen) atoms. The van der Waals surface area contributed by atoms with Crippen LogP contribution < -0.4 is 0 Å². The molecule has 0 aliphatic rings. The highest BCUT2D eigenvalue weighted by molar-refractivity contribution is 9.10. The highest BCUT2D eigenvalue weighted by atomic mass is 79.9. The summed E-state index contributed by atoms with van der Waals surface area (Å²) in [5.74, 6) is 0. The van der Waals surface area contributed by atoms with Crippen LogP contribution in [0.5, 0.6) is 0 Å². The molecule has 0 saturated carbocycles. The third-order valence-electron chi connectivity index (χ3n) is 0.994. The number of nitrogens with zero attached hydrogens (tertiary/aromatic N) is 1. The van der Waals surface area contributed by atoms with Gasteiger partial charge in [-0.2, -0.15) is 5.26 Å². The third kappa shape index (κ3) is 2.02. The summed E-state index contributed by atoms with van der Waals surface area (Å²) in [5.41, 5.74) is 0.678. The van der Waals surface area contributed by atoms with Crippen LogP contribution in [-0.2, 0) is 0 Å². The second-order valence-electron chi connectivity index (χ2n) is 1.59. The van der Waals surface area contributed by atoms with Gasteiger partial charge in [0.15, 0.2) is 0 Å². The Balaban J connectivity index is 0.000000810. The average Bonchev–Trinajstić information content (AvgIpc) is 1.89. The summed E-state index contributed by atoms with van der Waals surface area (Å²) in [6, 6.07) is 9.38. The second-order valence-corrected chi connectivity index (χ2v) is 2.45. The minimum atomic E-state index is 0. The Morgan fingerprint density at radius 3 is 2.30 bits per heavy atom. The molecule has 0 heterocycles. The molecule has 52 valence electrons. The van der Waals surface area contributed by atoms with Crippen LogP contribution in [0.2, 0.25) is 0 Å². The Hall–Kier alpha value is -0.520. The molecule has 1 aromatic carbocycles. The summed E-state index contributed by atoms with van der Waals surface area (Å²) in [6.45, 7) is 0. The quantitative estimate of drug-likeness (QED) is 0.657. The molecule has 0 aliphatic heterocycles. The molecule has 0 amide bonds. The minimum Gasteiger partial charge on any atom is -0.192 e. The zero-order valence-electron chi connectivity index (χ0n) is 5.04. The van der Waals surface area contributed by atoms with Crippen molar-refractivity contribution in [2.24, 2.45) is 0 Å². The maximum absolute atomic E-state index is 8.44. The van der Waals surface area contributed by atoms with Gasteiger partial charge in [-0.3, -0.25) is 0 Å². The molecule has 0 atom stereocenters. The fourth-order valence-electron chi connectivity index (χ4n) is 0.552. The summed E-state index contributed by atoms with van der Waals surface area (Å²) in [4.78, 5) is 0. The van der Waals surface area contributed by atoms with Crippen molar-refractivity contribution in [3.63, 3.8) is 0 Å². The fraction of sp³-hybridized carbons (Fsp3) is 0. The number of halogens is 2. The smallest absolute Gasteiger partial charge is 0.100 e. The van der Waals surface area contributed by atoms with E-state index in [9.17, 15) is 0 Å². The number of hydrogen-bond donors (Lipinski definition) is 0. The molecule has 3 heteroatoms. The zero-order valence-corrected chi connectivity index (χ0v) is 7.45. The second kappa shape index (κ2) is 4.32. The van der Waals surface area contributed by atoms with Crippen LogP contribution in [0.25, 0.3) is 0 Å². The lowest BCUT2D eigenvalue weighted by Gasteiger charge is -1.88. The van der Waals surface area contributed by atoms with Gasteiger partial charge in [-0.25, -0.2) is 0 Å². The Kier molecular flexibility index (Phi) is 4.10.